The van der Waals surface area contributed by atoms with E-state index in [1.165, 1.54) is 23.1 Å². The largest absolute Gasteiger partial charge is 0.698 e. The number of aromatic nitrogens is 4. The zero-order valence-electron chi connectivity index (χ0n) is 7.85. The second-order valence-corrected chi connectivity index (χ2v) is 4.75. The lowest BCUT2D eigenvalue weighted by Crippen LogP contribution is -1.90. The summed E-state index contributed by atoms with van der Waals surface area (Å²) >= 11 is 2.42. The smallest absolute Gasteiger partial charge is 0.140 e. The van der Waals surface area contributed by atoms with E-state index in [1.54, 1.807) is 10.8 Å². The molecule has 0 aliphatic rings. The zero-order valence-corrected chi connectivity index (χ0v) is 10.4. The Labute approximate surface area is 99.7 Å². The third kappa shape index (κ3) is 3.62. The van der Waals surface area contributed by atoms with Gasteiger partial charge < -0.3 is 0 Å². The Balaban J connectivity index is 1.69. The van der Waals surface area contributed by atoms with Crippen LogP contribution in [0.5, 0.6) is 0 Å². The van der Waals surface area contributed by atoms with E-state index in [4.69, 9.17) is 9.05 Å². The summed E-state index contributed by atoms with van der Waals surface area (Å²) in [5, 5.41) is 10.9. The van der Waals surface area contributed by atoms with Crippen molar-refractivity contribution in [1.82, 2.24) is 19.2 Å². The fourth-order valence-corrected chi connectivity index (χ4v) is 2.19. The lowest BCUT2D eigenvalue weighted by Gasteiger charge is -1.87. The molecule has 0 aliphatic heterocycles. The second kappa shape index (κ2) is 6.02. The maximum absolute atomic E-state index is 11.2. The monoisotopic (exact) mass is 277 g/mol. The maximum Gasteiger partial charge on any atom is 0.698 e. The highest BCUT2D eigenvalue weighted by Gasteiger charge is 2.21. The molecule has 0 radical (unpaired) electrons. The van der Waals surface area contributed by atoms with Crippen molar-refractivity contribution in [2.75, 3.05) is 0 Å². The number of nitrogens with zero attached hydrogens (tertiary/aromatic N) is 4. The Bertz CT molecular complexity index is 394. The van der Waals surface area contributed by atoms with Gasteiger partial charge in [-0.25, -0.2) is 0 Å². The standard InChI is InChI=1S/C6H6N4O3PS2/c11-14(12-1-5-3-15-9-7-5)13-2-6-4-16-10-8-6/h3-4H,1-2H2/q+1. The highest BCUT2D eigenvalue weighted by molar-refractivity contribution is 7.33. The van der Waals surface area contributed by atoms with Gasteiger partial charge >= 0.3 is 8.25 Å². The molecule has 0 atom stereocenters. The summed E-state index contributed by atoms with van der Waals surface area (Å²) in [6, 6.07) is 0. The van der Waals surface area contributed by atoms with Gasteiger partial charge in [-0.05, 0) is 23.1 Å². The molecule has 2 aromatic heterocycles. The molecule has 0 aromatic carbocycles. The van der Waals surface area contributed by atoms with Crippen molar-refractivity contribution in [3.8, 4) is 0 Å². The molecule has 10 heteroatoms. The number of rotatable bonds is 6. The van der Waals surface area contributed by atoms with E-state index >= 15 is 0 Å². The lowest BCUT2D eigenvalue weighted by atomic mass is 10.6. The molecule has 7 nitrogen and oxygen atoms in total. The number of hydrogen-bond acceptors (Lipinski definition) is 9. The van der Waals surface area contributed by atoms with Crippen molar-refractivity contribution < 1.29 is 13.6 Å². The molecule has 16 heavy (non-hydrogen) atoms. The Morgan fingerprint density at radius 1 is 1.06 bits per heavy atom. The molecule has 0 spiro atoms. The molecule has 0 saturated heterocycles. The third-order valence-electron chi connectivity index (χ3n) is 1.45. The van der Waals surface area contributed by atoms with Gasteiger partial charge in [-0.1, -0.05) is 8.98 Å². The normalized spacial score (nSPS) is 10.5. The summed E-state index contributed by atoms with van der Waals surface area (Å²) in [6.45, 7) is 0.252. The van der Waals surface area contributed by atoms with Crippen LogP contribution in [0.25, 0.3) is 0 Å². The first kappa shape index (κ1) is 11.6. The van der Waals surface area contributed by atoms with Crippen LogP contribution in [0.15, 0.2) is 10.8 Å². The van der Waals surface area contributed by atoms with Crippen LogP contribution in [-0.4, -0.2) is 19.2 Å². The molecule has 0 unspecified atom stereocenters. The second-order valence-electron chi connectivity index (χ2n) is 2.56. The van der Waals surface area contributed by atoms with Gasteiger partial charge in [-0.2, -0.15) is 0 Å². The average molecular weight is 277 g/mol. The summed E-state index contributed by atoms with van der Waals surface area (Å²) in [6.07, 6.45) is 0. The molecular formula is C6H6N4O3PS2+. The van der Waals surface area contributed by atoms with Gasteiger partial charge in [0, 0.05) is 15.3 Å². The molecule has 2 rings (SSSR count). The minimum atomic E-state index is -2.17. The molecule has 0 saturated carbocycles. The molecule has 2 heterocycles. The highest BCUT2D eigenvalue weighted by atomic mass is 32.1. The Hall–Kier alpha value is -0.860. The minimum Gasteiger partial charge on any atom is -0.140 e. The Kier molecular flexibility index (Phi) is 4.37. The van der Waals surface area contributed by atoms with E-state index in [-0.39, 0.29) is 13.2 Å². The molecule has 0 bridgehead atoms. The topological polar surface area (TPSA) is 87.1 Å². The van der Waals surface area contributed by atoms with Gasteiger partial charge in [0.1, 0.15) is 11.4 Å². The van der Waals surface area contributed by atoms with E-state index in [0.29, 0.717) is 11.4 Å². The average Bonchev–Trinajstić information content (AvgIpc) is 2.96. The molecular weight excluding hydrogens is 271 g/mol. The Morgan fingerprint density at radius 3 is 1.94 bits per heavy atom. The summed E-state index contributed by atoms with van der Waals surface area (Å²) in [7, 11) is -2.17. The molecule has 0 N–H and O–H groups in total. The summed E-state index contributed by atoms with van der Waals surface area (Å²) in [5.41, 5.74) is 1.26. The van der Waals surface area contributed by atoms with Gasteiger partial charge in [0.15, 0.2) is 13.2 Å². The quantitative estimate of drug-likeness (QED) is 0.743. The molecule has 0 aliphatic carbocycles. The van der Waals surface area contributed by atoms with E-state index < -0.39 is 8.25 Å². The van der Waals surface area contributed by atoms with Crippen LogP contribution >= 0.6 is 31.3 Å². The highest BCUT2D eigenvalue weighted by Crippen LogP contribution is 2.26. The summed E-state index contributed by atoms with van der Waals surface area (Å²) < 4.78 is 28.4. The van der Waals surface area contributed by atoms with Crippen molar-refractivity contribution in [1.29, 1.82) is 0 Å². The first-order chi connectivity index (χ1) is 7.84. The van der Waals surface area contributed by atoms with Crippen molar-refractivity contribution in [2.45, 2.75) is 13.2 Å². The van der Waals surface area contributed by atoms with E-state index in [0.717, 1.165) is 0 Å². The van der Waals surface area contributed by atoms with Gasteiger partial charge in [-0.15, -0.1) is 19.2 Å². The number of hydrogen-bond donors (Lipinski definition) is 0. The fraction of sp³-hybridized carbons (Fsp3) is 0.333. The van der Waals surface area contributed by atoms with Crippen molar-refractivity contribution in [3.63, 3.8) is 0 Å². The SMILES string of the molecule is O=[P+](OCc1csnn1)OCc1csnn1. The van der Waals surface area contributed by atoms with Crippen LogP contribution in [0.2, 0.25) is 0 Å². The van der Waals surface area contributed by atoms with E-state index in [1.807, 2.05) is 0 Å². The predicted octanol–water partition coefficient (Wildman–Crippen LogP) is 1.78. The van der Waals surface area contributed by atoms with Crippen molar-refractivity contribution >= 4 is 31.3 Å². The zero-order chi connectivity index (χ0) is 11.2. The van der Waals surface area contributed by atoms with Crippen LogP contribution in [0.1, 0.15) is 11.4 Å². The van der Waals surface area contributed by atoms with E-state index in [2.05, 4.69) is 19.2 Å². The van der Waals surface area contributed by atoms with Gasteiger partial charge in [0.25, 0.3) is 0 Å². The van der Waals surface area contributed by atoms with Crippen molar-refractivity contribution in [3.05, 3.63) is 22.1 Å². The lowest BCUT2D eigenvalue weighted by molar-refractivity contribution is 0.209. The molecule has 2 aromatic rings. The van der Waals surface area contributed by atoms with Gasteiger partial charge in [0.2, 0.25) is 0 Å². The fourth-order valence-electron chi connectivity index (χ4n) is 0.769. The van der Waals surface area contributed by atoms with Crippen LogP contribution in [0.4, 0.5) is 0 Å². The minimum absolute atomic E-state index is 0.126. The van der Waals surface area contributed by atoms with Crippen LogP contribution in [-0.2, 0) is 26.8 Å². The van der Waals surface area contributed by atoms with Gasteiger partial charge in [-0.3, -0.25) is 0 Å². The predicted molar refractivity (Wildman–Crippen MR) is 57.0 cm³/mol. The summed E-state index contributed by atoms with van der Waals surface area (Å²) in [4.78, 5) is 0. The van der Waals surface area contributed by atoms with Crippen LogP contribution in [0, 0.1) is 0 Å². The van der Waals surface area contributed by atoms with Gasteiger partial charge in [0.05, 0.1) is 0 Å². The molecule has 84 valence electrons. The van der Waals surface area contributed by atoms with Crippen LogP contribution < -0.4 is 0 Å². The third-order valence-corrected chi connectivity index (χ3v) is 3.23. The maximum atomic E-state index is 11.2. The van der Waals surface area contributed by atoms with Crippen LogP contribution in [0.3, 0.4) is 0 Å². The van der Waals surface area contributed by atoms with E-state index in [9.17, 15) is 4.57 Å². The first-order valence-electron chi connectivity index (χ1n) is 4.09. The Morgan fingerprint density at radius 2 is 1.56 bits per heavy atom. The molecule has 0 fully saturated rings. The summed E-state index contributed by atoms with van der Waals surface area (Å²) in [5.74, 6) is 0. The first-order valence-corrected chi connectivity index (χ1v) is 6.86. The molecule has 0 amide bonds. The van der Waals surface area contributed by atoms with Crippen molar-refractivity contribution in [2.24, 2.45) is 0 Å².